The monoisotopic (exact) mass is 456 g/mol. The summed E-state index contributed by atoms with van der Waals surface area (Å²) in [5.74, 6) is -0.456. The quantitative estimate of drug-likeness (QED) is 0.696. The van der Waals surface area contributed by atoms with Gasteiger partial charge in [-0.25, -0.2) is 9.78 Å². The molecule has 3 rings (SSSR count). The molecule has 1 aromatic heterocycles. The van der Waals surface area contributed by atoms with Gasteiger partial charge in [0.15, 0.2) is 0 Å². The van der Waals surface area contributed by atoms with Crippen molar-refractivity contribution in [2.45, 2.75) is 6.18 Å². The zero-order valence-corrected chi connectivity index (χ0v) is 17.3. The number of carbonyl (C=O) groups is 2. The molecule has 166 valence electrons. The van der Waals surface area contributed by atoms with Gasteiger partial charge in [0.25, 0.3) is 0 Å². The molecule has 0 spiro atoms. The number of amides is 1. The molecule has 0 aliphatic carbocycles. The lowest BCUT2D eigenvalue weighted by molar-refractivity contribution is -0.137. The maximum atomic E-state index is 12.8. The Kier molecular flexibility index (Phi) is 7.01. The molecule has 1 N–H and O–H groups in total. The van der Waals surface area contributed by atoms with Gasteiger partial charge in [-0.15, -0.1) is 0 Å². The molecular weight excluding hydrogens is 437 g/mol. The summed E-state index contributed by atoms with van der Waals surface area (Å²) in [6.07, 6.45) is -3.74. The van der Waals surface area contributed by atoms with E-state index in [1.807, 2.05) is 4.90 Å². The van der Waals surface area contributed by atoms with Gasteiger partial charge in [-0.05, 0) is 24.3 Å². The molecule has 1 aromatic carbocycles. The smallest absolute Gasteiger partial charge is 0.417 e. The van der Waals surface area contributed by atoms with Crippen LogP contribution in [0.5, 0.6) is 0 Å². The number of aromatic nitrogens is 1. The maximum Gasteiger partial charge on any atom is 0.417 e. The maximum absolute atomic E-state index is 12.8. The Balaban J connectivity index is 1.53. The summed E-state index contributed by atoms with van der Waals surface area (Å²) >= 11 is 6.01. The number of carbonyl (C=O) groups excluding carboxylic acids is 2. The second-order valence-corrected chi connectivity index (χ2v) is 7.32. The zero-order chi connectivity index (χ0) is 22.6. The zero-order valence-electron chi connectivity index (χ0n) is 16.6. The second-order valence-electron chi connectivity index (χ2n) is 6.91. The van der Waals surface area contributed by atoms with E-state index < -0.39 is 17.7 Å². The molecular formula is C20H20ClF3N4O3. The van der Waals surface area contributed by atoms with Crippen molar-refractivity contribution in [1.82, 2.24) is 9.88 Å². The number of alkyl halides is 3. The molecule has 0 bridgehead atoms. The normalized spacial score (nSPS) is 14.9. The lowest BCUT2D eigenvalue weighted by Crippen LogP contribution is -2.49. The molecule has 11 heteroatoms. The molecule has 0 saturated carbocycles. The summed E-state index contributed by atoms with van der Waals surface area (Å²) in [6.45, 7) is 2.07. The van der Waals surface area contributed by atoms with Gasteiger partial charge < -0.3 is 15.0 Å². The Labute approximate surface area is 181 Å². The molecule has 2 heterocycles. The minimum Gasteiger partial charge on any atom is -0.465 e. The molecule has 1 aliphatic rings. The third-order valence-corrected chi connectivity index (χ3v) is 5.03. The number of pyridine rings is 1. The summed E-state index contributed by atoms with van der Waals surface area (Å²) in [5.41, 5.74) is -0.0880. The van der Waals surface area contributed by atoms with Gasteiger partial charge in [-0.2, -0.15) is 13.2 Å². The number of piperazine rings is 1. The van der Waals surface area contributed by atoms with Crippen LogP contribution in [-0.2, 0) is 15.7 Å². The summed E-state index contributed by atoms with van der Waals surface area (Å²) in [7, 11) is 1.28. The fourth-order valence-corrected chi connectivity index (χ4v) is 3.47. The van der Waals surface area contributed by atoms with Gasteiger partial charge in [0.05, 0.1) is 29.8 Å². The van der Waals surface area contributed by atoms with E-state index >= 15 is 0 Å². The largest absolute Gasteiger partial charge is 0.465 e. The van der Waals surface area contributed by atoms with E-state index in [4.69, 9.17) is 11.6 Å². The van der Waals surface area contributed by atoms with Crippen LogP contribution < -0.4 is 10.2 Å². The van der Waals surface area contributed by atoms with Gasteiger partial charge in [-0.1, -0.05) is 17.7 Å². The van der Waals surface area contributed by atoms with Gasteiger partial charge in [-0.3, -0.25) is 9.69 Å². The first-order valence-electron chi connectivity index (χ1n) is 9.35. The van der Waals surface area contributed by atoms with Crippen molar-refractivity contribution in [3.63, 3.8) is 0 Å². The summed E-state index contributed by atoms with van der Waals surface area (Å²) in [6, 6.07) is 7.29. The molecule has 1 aliphatic heterocycles. The average Bonchev–Trinajstić information content (AvgIpc) is 2.73. The van der Waals surface area contributed by atoms with Gasteiger partial charge in [0, 0.05) is 38.1 Å². The fraction of sp³-hybridized carbons (Fsp3) is 0.350. The van der Waals surface area contributed by atoms with Crippen LogP contribution in [0.2, 0.25) is 5.02 Å². The number of nitrogens with zero attached hydrogens (tertiary/aromatic N) is 3. The minimum absolute atomic E-state index is 0.0634. The number of methoxy groups -OCH3 is 1. The van der Waals surface area contributed by atoms with Crippen molar-refractivity contribution < 1.29 is 27.5 Å². The number of nitrogens with one attached hydrogen (secondary N) is 1. The van der Waals surface area contributed by atoms with E-state index in [1.165, 1.54) is 13.2 Å². The second kappa shape index (κ2) is 9.52. The number of benzene rings is 1. The summed E-state index contributed by atoms with van der Waals surface area (Å²) in [5, 5.41) is 2.68. The highest BCUT2D eigenvalue weighted by Gasteiger charge is 2.32. The van der Waals surface area contributed by atoms with Crippen LogP contribution in [0.4, 0.5) is 24.7 Å². The number of rotatable bonds is 5. The Bertz CT molecular complexity index is 963. The summed E-state index contributed by atoms with van der Waals surface area (Å²) < 4.78 is 43.0. The predicted octanol–water partition coefficient (Wildman–Crippen LogP) is 3.30. The van der Waals surface area contributed by atoms with E-state index in [9.17, 15) is 22.8 Å². The number of hydrogen-bond acceptors (Lipinski definition) is 6. The van der Waals surface area contributed by atoms with Crippen LogP contribution >= 0.6 is 11.6 Å². The van der Waals surface area contributed by atoms with Crippen LogP contribution in [0.3, 0.4) is 0 Å². The van der Waals surface area contributed by atoms with E-state index in [1.54, 1.807) is 23.1 Å². The number of esters is 1. The number of halogens is 4. The minimum atomic E-state index is -4.50. The molecule has 31 heavy (non-hydrogen) atoms. The number of anilines is 2. The molecule has 1 amide bonds. The van der Waals surface area contributed by atoms with Crippen molar-refractivity contribution in [2.75, 3.05) is 50.1 Å². The molecule has 1 saturated heterocycles. The SMILES string of the molecule is COC(=O)c1cccc(NC(=O)CN2CCN(c3ncc(C(F)(F)F)cc3Cl)CC2)c1. The van der Waals surface area contributed by atoms with Crippen LogP contribution in [0.15, 0.2) is 36.5 Å². The lowest BCUT2D eigenvalue weighted by atomic mass is 10.2. The predicted molar refractivity (Wildman–Crippen MR) is 109 cm³/mol. The Morgan fingerprint density at radius 2 is 1.90 bits per heavy atom. The van der Waals surface area contributed by atoms with Crippen LogP contribution in [0, 0.1) is 0 Å². The third-order valence-electron chi connectivity index (χ3n) is 4.76. The average molecular weight is 457 g/mol. The molecule has 7 nitrogen and oxygen atoms in total. The molecule has 0 atom stereocenters. The first-order chi connectivity index (χ1) is 14.7. The van der Waals surface area contributed by atoms with Gasteiger partial charge >= 0.3 is 12.1 Å². The van der Waals surface area contributed by atoms with Crippen molar-refractivity contribution in [3.05, 3.63) is 52.7 Å². The van der Waals surface area contributed by atoms with Crippen LogP contribution in [0.25, 0.3) is 0 Å². The van der Waals surface area contributed by atoms with Crippen LogP contribution in [0.1, 0.15) is 15.9 Å². The van der Waals surface area contributed by atoms with Crippen molar-refractivity contribution in [3.8, 4) is 0 Å². The Morgan fingerprint density at radius 1 is 1.19 bits per heavy atom. The van der Waals surface area contributed by atoms with E-state index in [-0.39, 0.29) is 17.5 Å². The van der Waals surface area contributed by atoms with Crippen molar-refractivity contribution in [1.29, 1.82) is 0 Å². The molecule has 0 unspecified atom stereocenters. The first kappa shape index (κ1) is 22.8. The highest BCUT2D eigenvalue weighted by Crippen LogP contribution is 2.33. The standard InChI is InChI=1S/C20H20ClF3N4O3/c1-31-19(30)13-3-2-4-15(9-13)26-17(29)12-27-5-7-28(8-6-27)18-16(21)10-14(11-25-18)20(22,23)24/h2-4,9-11H,5-8,12H2,1H3,(H,26,29). The van der Waals surface area contributed by atoms with E-state index in [0.29, 0.717) is 43.2 Å². The first-order valence-corrected chi connectivity index (χ1v) is 9.73. The van der Waals surface area contributed by atoms with E-state index in [2.05, 4.69) is 15.0 Å². The van der Waals surface area contributed by atoms with Gasteiger partial charge in [0.1, 0.15) is 5.82 Å². The molecule has 1 fully saturated rings. The third kappa shape index (κ3) is 5.86. The van der Waals surface area contributed by atoms with E-state index in [0.717, 1.165) is 12.3 Å². The van der Waals surface area contributed by atoms with Crippen molar-refractivity contribution in [2.24, 2.45) is 0 Å². The summed E-state index contributed by atoms with van der Waals surface area (Å²) in [4.78, 5) is 31.5. The Morgan fingerprint density at radius 3 is 2.52 bits per heavy atom. The Hall–Kier alpha value is -2.85. The van der Waals surface area contributed by atoms with Gasteiger partial charge in [0.2, 0.25) is 5.91 Å². The molecule has 2 aromatic rings. The highest BCUT2D eigenvalue weighted by atomic mass is 35.5. The molecule has 0 radical (unpaired) electrons. The number of ether oxygens (including phenoxy) is 1. The topological polar surface area (TPSA) is 74.8 Å². The fourth-order valence-electron chi connectivity index (χ4n) is 3.18. The number of hydrogen-bond donors (Lipinski definition) is 1. The highest BCUT2D eigenvalue weighted by molar-refractivity contribution is 6.33. The van der Waals surface area contributed by atoms with Crippen molar-refractivity contribution >= 4 is 35.0 Å². The van der Waals surface area contributed by atoms with Crippen LogP contribution in [-0.4, -0.2) is 61.6 Å². The lowest BCUT2D eigenvalue weighted by Gasteiger charge is -2.35.